The van der Waals surface area contributed by atoms with Crippen LogP contribution in [-0.4, -0.2) is 33.4 Å². The third-order valence-corrected chi connectivity index (χ3v) is 4.96. The molecule has 2 aliphatic rings. The number of halogens is 5. The van der Waals surface area contributed by atoms with Gasteiger partial charge in [-0.05, 0) is 19.1 Å². The van der Waals surface area contributed by atoms with Crippen LogP contribution in [-0.2, 0) is 6.18 Å². The molecule has 1 atom stereocenters. The number of amides is 1. The molecule has 0 radical (unpaired) electrons. The van der Waals surface area contributed by atoms with Crippen molar-refractivity contribution in [2.24, 2.45) is 0 Å². The van der Waals surface area contributed by atoms with Crippen molar-refractivity contribution in [2.45, 2.75) is 25.6 Å². The van der Waals surface area contributed by atoms with Crippen LogP contribution in [0, 0.1) is 11.6 Å². The van der Waals surface area contributed by atoms with Gasteiger partial charge in [0.05, 0.1) is 41.0 Å². The molecule has 2 aliphatic heterocycles. The number of alkyl halides is 3. The van der Waals surface area contributed by atoms with E-state index in [1.54, 1.807) is 6.92 Å². The summed E-state index contributed by atoms with van der Waals surface area (Å²) in [6, 6.07) is 2.02. The van der Waals surface area contributed by atoms with Gasteiger partial charge in [-0.25, -0.2) is 23.8 Å². The van der Waals surface area contributed by atoms with Crippen LogP contribution < -0.4 is 16.0 Å². The van der Waals surface area contributed by atoms with Crippen LogP contribution >= 0.6 is 0 Å². The van der Waals surface area contributed by atoms with Gasteiger partial charge in [-0.3, -0.25) is 4.79 Å². The third kappa shape index (κ3) is 3.32. The number of benzene rings is 1. The number of hydrogen-bond donors (Lipinski definition) is 2. The summed E-state index contributed by atoms with van der Waals surface area (Å²) >= 11 is 0. The first-order chi connectivity index (χ1) is 14.2. The molecule has 1 aromatic carbocycles. The van der Waals surface area contributed by atoms with E-state index < -0.39 is 40.9 Å². The predicted molar refractivity (Wildman–Crippen MR) is 94.3 cm³/mol. The molecular weight excluding hydrogens is 411 g/mol. The van der Waals surface area contributed by atoms with Crippen molar-refractivity contribution >= 4 is 11.9 Å². The van der Waals surface area contributed by atoms with E-state index >= 15 is 0 Å². The maximum absolute atomic E-state index is 14.4. The van der Waals surface area contributed by atoms with E-state index in [0.29, 0.717) is 17.5 Å². The first-order valence-electron chi connectivity index (χ1n) is 8.87. The Balaban J connectivity index is 1.61. The lowest BCUT2D eigenvalue weighted by atomic mass is 10.0. The Morgan fingerprint density at radius 3 is 2.57 bits per heavy atom. The molecule has 30 heavy (non-hydrogen) atoms. The van der Waals surface area contributed by atoms with Crippen molar-refractivity contribution in [2.75, 3.05) is 11.6 Å². The average Bonchev–Trinajstić information content (AvgIpc) is 3.13. The molecule has 0 saturated carbocycles. The van der Waals surface area contributed by atoms with Gasteiger partial charge in [-0.2, -0.15) is 13.2 Å². The van der Waals surface area contributed by atoms with Gasteiger partial charge in [0, 0.05) is 13.0 Å². The normalized spacial score (nSPS) is 19.1. The van der Waals surface area contributed by atoms with Crippen molar-refractivity contribution in [3.8, 4) is 0 Å². The van der Waals surface area contributed by atoms with Gasteiger partial charge in [-0.15, -0.1) is 5.53 Å². The van der Waals surface area contributed by atoms with Crippen LogP contribution in [0.3, 0.4) is 0 Å². The van der Waals surface area contributed by atoms with Crippen LogP contribution in [0.1, 0.15) is 29.3 Å². The molecule has 7 nitrogen and oxygen atoms in total. The Morgan fingerprint density at radius 1 is 1.20 bits per heavy atom. The Hall–Kier alpha value is -3.28. The maximum Gasteiger partial charge on any atom is 0.419 e. The van der Waals surface area contributed by atoms with Gasteiger partial charge in [0.25, 0.3) is 5.91 Å². The molecule has 0 bridgehead atoms. The second kappa shape index (κ2) is 7.20. The number of hydrogen-bond acceptors (Lipinski definition) is 6. The highest BCUT2D eigenvalue weighted by Gasteiger charge is 2.40. The highest BCUT2D eigenvalue weighted by molar-refractivity contribution is 5.95. The summed E-state index contributed by atoms with van der Waals surface area (Å²) < 4.78 is 66.4. The van der Waals surface area contributed by atoms with E-state index in [1.165, 1.54) is 9.91 Å². The highest BCUT2D eigenvalue weighted by Crippen LogP contribution is 2.34. The second-order valence-corrected chi connectivity index (χ2v) is 6.72. The maximum atomic E-state index is 14.4. The fourth-order valence-electron chi connectivity index (χ4n) is 3.48. The van der Waals surface area contributed by atoms with Crippen LogP contribution in [0.5, 0.6) is 0 Å². The minimum atomic E-state index is -4.91. The molecule has 0 fully saturated rings. The molecule has 0 saturated heterocycles. The first-order valence-corrected chi connectivity index (χ1v) is 8.87. The van der Waals surface area contributed by atoms with Gasteiger partial charge >= 0.3 is 6.18 Å². The minimum absolute atomic E-state index is 0.121. The van der Waals surface area contributed by atoms with Crippen molar-refractivity contribution in [3.63, 3.8) is 0 Å². The number of rotatable bonds is 2. The van der Waals surface area contributed by atoms with Gasteiger partial charge < -0.3 is 10.3 Å². The zero-order valence-electron chi connectivity index (χ0n) is 15.5. The molecule has 4 rings (SSSR count). The summed E-state index contributed by atoms with van der Waals surface area (Å²) in [5, 5.41) is 1.48. The van der Waals surface area contributed by atoms with Crippen LogP contribution in [0.25, 0.3) is 0 Å². The summed E-state index contributed by atoms with van der Waals surface area (Å²) in [5.74, 6) is -2.88. The van der Waals surface area contributed by atoms with Crippen molar-refractivity contribution in [3.05, 3.63) is 64.7 Å². The molecule has 1 aromatic heterocycles. The molecule has 1 amide bonds. The largest absolute Gasteiger partial charge is 0.419 e. The third-order valence-electron chi connectivity index (χ3n) is 4.96. The first kappa shape index (κ1) is 20.0. The standard InChI is InChI=1S/C18H15F5N6O/c1-9-15-13(29(27-26-15)17-24-7-10(19)8-25-17)5-6-28(9)16(30)11-3-2-4-12(14(11)20)18(21,22)23/h2-4,7-9,26-27H,5-6H2,1H3/t9-/m0/s1. The fraction of sp³-hybridized carbons (Fsp3) is 0.278. The number of anilines is 1. The van der Waals surface area contributed by atoms with Gasteiger partial charge in [0.15, 0.2) is 5.82 Å². The molecule has 3 heterocycles. The van der Waals surface area contributed by atoms with Crippen LogP contribution in [0.15, 0.2) is 42.0 Å². The van der Waals surface area contributed by atoms with Gasteiger partial charge in [0.2, 0.25) is 5.95 Å². The molecule has 2 aromatic rings. The van der Waals surface area contributed by atoms with E-state index in [4.69, 9.17) is 0 Å². The molecular formula is C18H15F5N6O. The topological polar surface area (TPSA) is 73.4 Å². The molecule has 0 spiro atoms. The lowest BCUT2D eigenvalue weighted by Gasteiger charge is -2.34. The summed E-state index contributed by atoms with van der Waals surface area (Å²) in [6.45, 7) is 1.77. The van der Waals surface area contributed by atoms with E-state index in [9.17, 15) is 26.7 Å². The van der Waals surface area contributed by atoms with Crippen LogP contribution in [0.4, 0.5) is 27.9 Å². The summed E-state index contributed by atoms with van der Waals surface area (Å²) in [7, 11) is 0. The lowest BCUT2D eigenvalue weighted by molar-refractivity contribution is -0.140. The smallest absolute Gasteiger partial charge is 0.330 e. The monoisotopic (exact) mass is 426 g/mol. The van der Waals surface area contributed by atoms with Crippen molar-refractivity contribution in [1.29, 1.82) is 0 Å². The molecule has 0 unspecified atom stereocenters. The number of aromatic nitrogens is 2. The van der Waals surface area contributed by atoms with Crippen molar-refractivity contribution < 1.29 is 26.7 Å². The molecule has 0 aliphatic carbocycles. The quantitative estimate of drug-likeness (QED) is 0.720. The molecule has 158 valence electrons. The Kier molecular flexibility index (Phi) is 4.80. The Labute approximate surface area is 167 Å². The van der Waals surface area contributed by atoms with Gasteiger partial charge in [-0.1, -0.05) is 6.07 Å². The number of carbonyl (C=O) groups excluding carboxylic acids is 1. The zero-order valence-corrected chi connectivity index (χ0v) is 15.5. The zero-order chi connectivity index (χ0) is 21.6. The minimum Gasteiger partial charge on any atom is -0.330 e. The molecule has 2 N–H and O–H groups in total. The Morgan fingerprint density at radius 2 is 1.90 bits per heavy atom. The predicted octanol–water partition coefficient (Wildman–Crippen LogP) is 2.75. The number of hydrazine groups is 2. The summed E-state index contributed by atoms with van der Waals surface area (Å²) in [5.41, 5.74) is 4.78. The van der Waals surface area contributed by atoms with E-state index in [1.807, 2.05) is 0 Å². The second-order valence-electron chi connectivity index (χ2n) is 6.72. The summed E-state index contributed by atoms with van der Waals surface area (Å²) in [6.07, 6.45) is -2.62. The fourth-order valence-corrected chi connectivity index (χ4v) is 3.48. The van der Waals surface area contributed by atoms with E-state index in [2.05, 4.69) is 20.9 Å². The van der Waals surface area contributed by atoms with Gasteiger partial charge in [0.1, 0.15) is 5.82 Å². The number of carbonyl (C=O) groups is 1. The lowest BCUT2D eigenvalue weighted by Crippen LogP contribution is -2.46. The average molecular weight is 426 g/mol. The summed E-state index contributed by atoms with van der Waals surface area (Å²) in [4.78, 5) is 21.9. The SMILES string of the molecule is C[C@H]1C2=C(CCN1C(=O)c1cccc(C(F)(F)F)c1F)N(c1ncc(F)cn1)NN2. The molecule has 12 heteroatoms. The van der Waals surface area contributed by atoms with Crippen molar-refractivity contribution in [1.82, 2.24) is 25.8 Å². The van der Waals surface area contributed by atoms with Crippen LogP contribution in [0.2, 0.25) is 0 Å². The number of nitrogens with one attached hydrogen (secondary N) is 2. The number of nitrogens with zero attached hydrogens (tertiary/aromatic N) is 4. The van der Waals surface area contributed by atoms with E-state index in [0.717, 1.165) is 24.5 Å². The highest BCUT2D eigenvalue weighted by atomic mass is 19.4. The van der Waals surface area contributed by atoms with E-state index in [-0.39, 0.29) is 18.9 Å². The Bertz CT molecular complexity index is 1020.